The van der Waals surface area contributed by atoms with Crippen LogP contribution in [-0.4, -0.2) is 46.7 Å². The first-order valence-corrected chi connectivity index (χ1v) is 8.58. The highest BCUT2D eigenvalue weighted by Crippen LogP contribution is 2.31. The molecular weight excluding hydrogens is 292 g/mol. The molecule has 23 heavy (non-hydrogen) atoms. The zero-order valence-electron chi connectivity index (χ0n) is 14.0. The molecule has 0 aromatic carbocycles. The number of aromatic nitrogens is 2. The second-order valence-electron chi connectivity index (χ2n) is 7.02. The van der Waals surface area contributed by atoms with Crippen LogP contribution in [0.15, 0.2) is 12.4 Å². The molecule has 3 rings (SSSR count). The zero-order chi connectivity index (χ0) is 16.2. The summed E-state index contributed by atoms with van der Waals surface area (Å²) >= 11 is 0. The maximum absolute atomic E-state index is 12.5. The van der Waals surface area contributed by atoms with Crippen molar-refractivity contribution < 1.29 is 9.53 Å². The van der Waals surface area contributed by atoms with E-state index in [1.165, 1.54) is 12.8 Å². The van der Waals surface area contributed by atoms with E-state index in [0.717, 1.165) is 24.6 Å². The Morgan fingerprint density at radius 3 is 2.78 bits per heavy atom. The van der Waals surface area contributed by atoms with Gasteiger partial charge in [0.05, 0.1) is 37.3 Å². The van der Waals surface area contributed by atoms with Gasteiger partial charge in [0.15, 0.2) is 0 Å². The normalized spacial score (nSPS) is 21.5. The summed E-state index contributed by atoms with van der Waals surface area (Å²) in [6, 6.07) is 0.0521. The second kappa shape index (κ2) is 7.25. The van der Waals surface area contributed by atoms with E-state index >= 15 is 0 Å². The van der Waals surface area contributed by atoms with Crippen LogP contribution in [0, 0.1) is 11.8 Å². The van der Waals surface area contributed by atoms with E-state index in [0.29, 0.717) is 31.4 Å². The minimum Gasteiger partial charge on any atom is -0.377 e. The van der Waals surface area contributed by atoms with Crippen LogP contribution in [-0.2, 0) is 11.2 Å². The summed E-state index contributed by atoms with van der Waals surface area (Å²) in [5, 5.41) is 2.92. The van der Waals surface area contributed by atoms with E-state index in [4.69, 9.17) is 4.74 Å². The Morgan fingerprint density at radius 1 is 1.39 bits per heavy atom. The van der Waals surface area contributed by atoms with Crippen LogP contribution in [0.1, 0.15) is 38.9 Å². The van der Waals surface area contributed by atoms with E-state index in [1.807, 2.05) is 4.90 Å². The lowest BCUT2D eigenvalue weighted by atomic mass is 10.0. The van der Waals surface area contributed by atoms with Gasteiger partial charge in [0.2, 0.25) is 0 Å². The number of hydrogen-bond acceptors (Lipinski definition) is 4. The summed E-state index contributed by atoms with van der Waals surface area (Å²) in [7, 11) is 0. The Kier molecular flexibility index (Phi) is 5.10. The molecule has 2 heterocycles. The number of anilines is 1. The maximum Gasteiger partial charge on any atom is 0.322 e. The molecule has 1 saturated carbocycles. The predicted octanol–water partition coefficient (Wildman–Crippen LogP) is 2.71. The lowest BCUT2D eigenvalue weighted by Crippen LogP contribution is -2.50. The minimum atomic E-state index is -0.0857. The van der Waals surface area contributed by atoms with Crippen molar-refractivity contribution in [2.45, 2.75) is 45.6 Å². The monoisotopic (exact) mass is 318 g/mol. The van der Waals surface area contributed by atoms with E-state index in [1.54, 1.807) is 12.4 Å². The van der Waals surface area contributed by atoms with Gasteiger partial charge in [0.25, 0.3) is 0 Å². The van der Waals surface area contributed by atoms with Crippen LogP contribution in [0.4, 0.5) is 10.5 Å². The summed E-state index contributed by atoms with van der Waals surface area (Å²) < 4.78 is 5.53. The topological polar surface area (TPSA) is 67.3 Å². The van der Waals surface area contributed by atoms with Gasteiger partial charge in [0.1, 0.15) is 5.82 Å². The number of carbonyl (C=O) groups is 1. The molecule has 0 bridgehead atoms. The maximum atomic E-state index is 12.5. The van der Waals surface area contributed by atoms with Gasteiger partial charge in [-0.15, -0.1) is 0 Å². The number of hydrogen-bond donors (Lipinski definition) is 1. The molecule has 1 aromatic heterocycles. The van der Waals surface area contributed by atoms with Crippen molar-refractivity contribution in [3.63, 3.8) is 0 Å². The molecule has 126 valence electrons. The summed E-state index contributed by atoms with van der Waals surface area (Å²) in [6.07, 6.45) is 7.89. The first-order valence-electron chi connectivity index (χ1n) is 8.58. The smallest absolute Gasteiger partial charge is 0.322 e. The third-order valence-corrected chi connectivity index (χ3v) is 4.36. The summed E-state index contributed by atoms with van der Waals surface area (Å²) in [5.41, 5.74) is 0.657. The third-order valence-electron chi connectivity index (χ3n) is 4.36. The molecule has 6 heteroatoms. The molecule has 1 aliphatic carbocycles. The number of rotatable bonds is 5. The van der Waals surface area contributed by atoms with Gasteiger partial charge in [0, 0.05) is 13.0 Å². The number of morpholine rings is 1. The lowest BCUT2D eigenvalue weighted by Gasteiger charge is -2.36. The van der Waals surface area contributed by atoms with Crippen molar-refractivity contribution in [2.75, 3.05) is 25.1 Å². The van der Waals surface area contributed by atoms with Crippen molar-refractivity contribution in [3.05, 3.63) is 18.2 Å². The summed E-state index contributed by atoms with van der Waals surface area (Å²) in [5.74, 6) is 2.16. The van der Waals surface area contributed by atoms with Crippen molar-refractivity contribution in [3.8, 4) is 0 Å². The Hall–Kier alpha value is -1.69. The van der Waals surface area contributed by atoms with Gasteiger partial charge in [-0.25, -0.2) is 14.8 Å². The SMILES string of the molecule is CC(C)C[C@H]1COCCN1C(=O)Nc1cnc(CC2CC2)nc1. The average Bonchev–Trinajstić information content (AvgIpc) is 3.33. The van der Waals surface area contributed by atoms with Crippen LogP contribution in [0.3, 0.4) is 0 Å². The number of urea groups is 1. The minimum absolute atomic E-state index is 0.0857. The van der Waals surface area contributed by atoms with E-state index in [9.17, 15) is 4.79 Å². The van der Waals surface area contributed by atoms with Gasteiger partial charge in [-0.05, 0) is 31.1 Å². The first kappa shape index (κ1) is 16.2. The fourth-order valence-electron chi connectivity index (χ4n) is 2.96. The highest BCUT2D eigenvalue weighted by Gasteiger charge is 2.28. The van der Waals surface area contributed by atoms with Crippen LogP contribution in [0.25, 0.3) is 0 Å². The van der Waals surface area contributed by atoms with Crippen molar-refractivity contribution in [1.29, 1.82) is 0 Å². The number of ether oxygens (including phenoxy) is 1. The van der Waals surface area contributed by atoms with Crippen LogP contribution < -0.4 is 5.32 Å². The van der Waals surface area contributed by atoms with E-state index < -0.39 is 0 Å². The molecule has 1 aliphatic heterocycles. The van der Waals surface area contributed by atoms with Crippen molar-refractivity contribution in [1.82, 2.24) is 14.9 Å². The van der Waals surface area contributed by atoms with Crippen LogP contribution in [0.2, 0.25) is 0 Å². The molecule has 1 aromatic rings. The van der Waals surface area contributed by atoms with Crippen LogP contribution in [0.5, 0.6) is 0 Å². The van der Waals surface area contributed by atoms with Crippen molar-refractivity contribution in [2.24, 2.45) is 11.8 Å². The fraction of sp³-hybridized carbons (Fsp3) is 0.706. The van der Waals surface area contributed by atoms with Gasteiger partial charge in [-0.3, -0.25) is 0 Å². The predicted molar refractivity (Wildman–Crippen MR) is 88.2 cm³/mol. The molecule has 1 saturated heterocycles. The third kappa shape index (κ3) is 4.64. The Labute approximate surface area is 137 Å². The quantitative estimate of drug-likeness (QED) is 0.906. The zero-order valence-corrected chi connectivity index (χ0v) is 14.0. The number of nitrogens with zero attached hydrogens (tertiary/aromatic N) is 3. The van der Waals surface area contributed by atoms with E-state index in [2.05, 4.69) is 29.1 Å². The summed E-state index contributed by atoms with van der Waals surface area (Å²) in [4.78, 5) is 23.1. The van der Waals surface area contributed by atoms with Gasteiger partial charge in [-0.2, -0.15) is 0 Å². The van der Waals surface area contributed by atoms with Crippen LogP contribution >= 0.6 is 0 Å². The standard InChI is InChI=1S/C17H26N4O2/c1-12(2)7-15-11-23-6-5-21(15)17(22)20-14-9-18-16(19-10-14)8-13-3-4-13/h9-10,12-13,15H,3-8,11H2,1-2H3,(H,20,22)/t15-/m0/s1. The van der Waals surface area contributed by atoms with Gasteiger partial charge >= 0.3 is 6.03 Å². The lowest BCUT2D eigenvalue weighted by molar-refractivity contribution is 0.00857. The molecule has 2 fully saturated rings. The molecule has 0 unspecified atom stereocenters. The fourth-order valence-corrected chi connectivity index (χ4v) is 2.96. The van der Waals surface area contributed by atoms with Gasteiger partial charge in [-0.1, -0.05) is 13.8 Å². The highest BCUT2D eigenvalue weighted by molar-refractivity contribution is 5.89. The number of carbonyl (C=O) groups excluding carboxylic acids is 1. The Morgan fingerprint density at radius 2 is 2.13 bits per heavy atom. The largest absolute Gasteiger partial charge is 0.377 e. The molecule has 2 aliphatic rings. The second-order valence-corrected chi connectivity index (χ2v) is 7.02. The molecule has 1 N–H and O–H groups in total. The Bertz CT molecular complexity index is 528. The average molecular weight is 318 g/mol. The number of nitrogens with one attached hydrogen (secondary N) is 1. The number of amides is 2. The summed E-state index contributed by atoms with van der Waals surface area (Å²) in [6.45, 7) is 6.17. The molecule has 0 radical (unpaired) electrons. The first-order chi connectivity index (χ1) is 11.1. The molecule has 1 atom stereocenters. The van der Waals surface area contributed by atoms with Gasteiger partial charge < -0.3 is 15.0 Å². The molecular formula is C17H26N4O2. The molecule has 2 amide bonds. The van der Waals surface area contributed by atoms with Crippen molar-refractivity contribution >= 4 is 11.7 Å². The Balaban J connectivity index is 1.57. The highest BCUT2D eigenvalue weighted by atomic mass is 16.5. The van der Waals surface area contributed by atoms with E-state index in [-0.39, 0.29) is 12.1 Å². The molecule has 6 nitrogen and oxygen atoms in total. The molecule has 0 spiro atoms.